The summed E-state index contributed by atoms with van der Waals surface area (Å²) in [5.74, 6) is 0.156. The lowest BCUT2D eigenvalue weighted by Crippen LogP contribution is -2.48. The Morgan fingerprint density at radius 3 is 2.45 bits per heavy atom. The van der Waals surface area contributed by atoms with Crippen LogP contribution < -0.4 is 10.1 Å². The first kappa shape index (κ1) is 22.8. The van der Waals surface area contributed by atoms with E-state index in [1.807, 2.05) is 36.4 Å². The van der Waals surface area contributed by atoms with Crippen molar-refractivity contribution in [2.24, 2.45) is 0 Å². The molecule has 0 bridgehead atoms. The van der Waals surface area contributed by atoms with Crippen molar-refractivity contribution in [1.29, 1.82) is 0 Å². The number of nitrogens with one attached hydrogen (secondary N) is 1. The van der Waals surface area contributed by atoms with Crippen LogP contribution in [-0.2, 0) is 21.5 Å². The van der Waals surface area contributed by atoms with Gasteiger partial charge in [0, 0.05) is 18.6 Å². The molecule has 5 nitrogen and oxygen atoms in total. The Hall–Kier alpha value is -2.53. The number of ether oxygens (including phenoxy) is 1. The van der Waals surface area contributed by atoms with E-state index in [2.05, 4.69) is 26.1 Å². The summed E-state index contributed by atoms with van der Waals surface area (Å²) >= 11 is 6.07. The Bertz CT molecular complexity index is 861. The van der Waals surface area contributed by atoms with Crippen molar-refractivity contribution in [3.63, 3.8) is 0 Å². The number of amides is 2. The standard InChI is InChI=1S/C23H29ClN2O3/c1-16(22(28)25-5)26(14-17-9-8-10-18(24)13-17)21(27)15-29-20-12-7-6-11-19(20)23(2,3)4/h6-13,16H,14-15H2,1-5H3,(H,25,28). The van der Waals surface area contributed by atoms with Gasteiger partial charge < -0.3 is 15.0 Å². The molecule has 0 radical (unpaired) electrons. The lowest BCUT2D eigenvalue weighted by atomic mass is 9.86. The van der Waals surface area contributed by atoms with Gasteiger partial charge in [-0.1, -0.05) is 62.7 Å². The van der Waals surface area contributed by atoms with Crippen molar-refractivity contribution in [2.75, 3.05) is 13.7 Å². The molecule has 0 aromatic heterocycles. The number of hydrogen-bond donors (Lipinski definition) is 1. The molecule has 29 heavy (non-hydrogen) atoms. The number of benzene rings is 2. The molecule has 1 N–H and O–H groups in total. The maximum absolute atomic E-state index is 13.0. The van der Waals surface area contributed by atoms with E-state index in [0.29, 0.717) is 10.8 Å². The van der Waals surface area contributed by atoms with E-state index in [4.69, 9.17) is 16.3 Å². The highest BCUT2D eigenvalue weighted by Crippen LogP contribution is 2.31. The minimum Gasteiger partial charge on any atom is -0.483 e. The van der Waals surface area contributed by atoms with Crippen LogP contribution in [0.1, 0.15) is 38.8 Å². The minimum absolute atomic E-state index is 0.116. The van der Waals surface area contributed by atoms with Crippen LogP contribution in [-0.4, -0.2) is 36.4 Å². The molecule has 2 rings (SSSR count). The Kier molecular flexibility index (Phi) is 7.68. The Balaban J connectivity index is 2.21. The average molecular weight is 417 g/mol. The molecule has 0 aliphatic rings. The maximum Gasteiger partial charge on any atom is 0.261 e. The number of carbonyl (C=O) groups excluding carboxylic acids is 2. The van der Waals surface area contributed by atoms with Gasteiger partial charge in [-0.15, -0.1) is 0 Å². The van der Waals surface area contributed by atoms with Crippen LogP contribution in [0.25, 0.3) is 0 Å². The van der Waals surface area contributed by atoms with Crippen molar-refractivity contribution in [2.45, 2.75) is 45.7 Å². The number of para-hydroxylation sites is 1. The summed E-state index contributed by atoms with van der Waals surface area (Å²) in [7, 11) is 1.55. The van der Waals surface area contributed by atoms with Crippen molar-refractivity contribution < 1.29 is 14.3 Å². The van der Waals surface area contributed by atoms with E-state index >= 15 is 0 Å². The molecule has 0 fully saturated rings. The molecular weight excluding hydrogens is 388 g/mol. The van der Waals surface area contributed by atoms with Crippen molar-refractivity contribution in [1.82, 2.24) is 10.2 Å². The fourth-order valence-corrected chi connectivity index (χ4v) is 3.27. The molecule has 0 heterocycles. The van der Waals surface area contributed by atoms with E-state index in [-0.39, 0.29) is 30.4 Å². The van der Waals surface area contributed by atoms with Crippen LogP contribution in [0.5, 0.6) is 5.75 Å². The van der Waals surface area contributed by atoms with Gasteiger partial charge in [-0.2, -0.15) is 0 Å². The quantitative estimate of drug-likeness (QED) is 0.736. The summed E-state index contributed by atoms with van der Waals surface area (Å²) in [6, 6.07) is 14.3. The first-order valence-corrected chi connectivity index (χ1v) is 9.99. The van der Waals surface area contributed by atoms with Gasteiger partial charge in [-0.3, -0.25) is 9.59 Å². The largest absolute Gasteiger partial charge is 0.483 e. The van der Waals surface area contributed by atoms with Crippen LogP contribution in [0.4, 0.5) is 0 Å². The highest BCUT2D eigenvalue weighted by Gasteiger charge is 2.26. The smallest absolute Gasteiger partial charge is 0.261 e. The van der Waals surface area contributed by atoms with Crippen molar-refractivity contribution in [3.05, 3.63) is 64.7 Å². The zero-order valence-electron chi connectivity index (χ0n) is 17.7. The van der Waals surface area contributed by atoms with Gasteiger partial charge >= 0.3 is 0 Å². The maximum atomic E-state index is 13.0. The van der Waals surface area contributed by atoms with Crippen LogP contribution in [0.2, 0.25) is 5.02 Å². The van der Waals surface area contributed by atoms with Gasteiger partial charge in [-0.25, -0.2) is 0 Å². The molecular formula is C23H29ClN2O3. The highest BCUT2D eigenvalue weighted by atomic mass is 35.5. The molecule has 2 aromatic rings. The van der Waals surface area contributed by atoms with E-state index < -0.39 is 6.04 Å². The van der Waals surface area contributed by atoms with Gasteiger partial charge in [0.2, 0.25) is 5.91 Å². The highest BCUT2D eigenvalue weighted by molar-refractivity contribution is 6.30. The third kappa shape index (κ3) is 6.23. The fourth-order valence-electron chi connectivity index (χ4n) is 3.06. The van der Waals surface area contributed by atoms with Gasteiger partial charge in [0.15, 0.2) is 6.61 Å². The summed E-state index contributed by atoms with van der Waals surface area (Å²) in [5.41, 5.74) is 1.75. The average Bonchev–Trinajstić information content (AvgIpc) is 2.68. The van der Waals surface area contributed by atoms with E-state index in [9.17, 15) is 9.59 Å². The first-order chi connectivity index (χ1) is 13.6. The fraction of sp³-hybridized carbons (Fsp3) is 0.391. The van der Waals surface area contributed by atoms with Gasteiger partial charge in [0.1, 0.15) is 11.8 Å². The Labute approximate surface area is 178 Å². The number of nitrogens with zero attached hydrogens (tertiary/aromatic N) is 1. The third-order valence-electron chi connectivity index (χ3n) is 4.70. The predicted molar refractivity (Wildman–Crippen MR) is 116 cm³/mol. The molecule has 0 spiro atoms. The number of hydrogen-bond acceptors (Lipinski definition) is 3. The van der Waals surface area contributed by atoms with E-state index in [0.717, 1.165) is 11.1 Å². The van der Waals surface area contributed by atoms with Crippen LogP contribution in [0.15, 0.2) is 48.5 Å². The molecule has 156 valence electrons. The topological polar surface area (TPSA) is 58.6 Å². The molecule has 1 unspecified atom stereocenters. The van der Waals surface area contributed by atoms with Crippen LogP contribution in [0.3, 0.4) is 0 Å². The minimum atomic E-state index is -0.645. The summed E-state index contributed by atoms with van der Waals surface area (Å²) in [5, 5.41) is 3.18. The monoisotopic (exact) mass is 416 g/mol. The second-order valence-corrected chi connectivity index (χ2v) is 8.41. The van der Waals surface area contributed by atoms with Crippen LogP contribution >= 0.6 is 11.6 Å². The molecule has 0 aliphatic heterocycles. The zero-order valence-corrected chi connectivity index (χ0v) is 18.4. The van der Waals surface area contributed by atoms with E-state index in [1.54, 1.807) is 26.1 Å². The summed E-state index contributed by atoms with van der Waals surface area (Å²) < 4.78 is 5.88. The van der Waals surface area contributed by atoms with Gasteiger partial charge in [0.25, 0.3) is 5.91 Å². The van der Waals surface area contributed by atoms with Crippen LogP contribution in [0, 0.1) is 0 Å². The lowest BCUT2D eigenvalue weighted by Gasteiger charge is -2.29. The van der Waals surface area contributed by atoms with Gasteiger partial charge in [0.05, 0.1) is 0 Å². The lowest BCUT2D eigenvalue weighted by molar-refractivity contribution is -0.142. The second-order valence-electron chi connectivity index (χ2n) is 7.98. The zero-order chi connectivity index (χ0) is 21.6. The molecule has 0 aliphatic carbocycles. The first-order valence-electron chi connectivity index (χ1n) is 9.61. The third-order valence-corrected chi connectivity index (χ3v) is 4.94. The Morgan fingerprint density at radius 1 is 1.14 bits per heavy atom. The number of carbonyl (C=O) groups is 2. The number of likely N-dealkylation sites (N-methyl/N-ethyl adjacent to an activating group) is 1. The second kappa shape index (κ2) is 9.79. The SMILES string of the molecule is CNC(=O)C(C)N(Cc1cccc(Cl)c1)C(=O)COc1ccccc1C(C)(C)C. The van der Waals surface area contributed by atoms with Crippen molar-refractivity contribution >= 4 is 23.4 Å². The van der Waals surface area contributed by atoms with E-state index in [1.165, 1.54) is 4.90 Å². The summed E-state index contributed by atoms with van der Waals surface area (Å²) in [4.78, 5) is 26.7. The molecule has 0 saturated heterocycles. The molecule has 2 aromatic carbocycles. The number of halogens is 1. The Morgan fingerprint density at radius 2 is 1.83 bits per heavy atom. The van der Waals surface area contributed by atoms with Gasteiger partial charge in [-0.05, 0) is 41.7 Å². The molecule has 0 saturated carbocycles. The molecule has 2 amide bonds. The van der Waals surface area contributed by atoms with Crippen molar-refractivity contribution in [3.8, 4) is 5.75 Å². The number of rotatable bonds is 7. The summed E-state index contributed by atoms with van der Waals surface area (Å²) in [6.45, 7) is 8.08. The predicted octanol–water partition coefficient (Wildman–Crippen LogP) is 4.18. The molecule has 1 atom stereocenters. The normalized spacial score (nSPS) is 12.2. The summed E-state index contributed by atoms with van der Waals surface area (Å²) in [6.07, 6.45) is 0. The molecule has 6 heteroatoms.